The number of nitrogens with zero attached hydrogens (tertiary/aromatic N) is 1. The third-order valence-electron chi connectivity index (χ3n) is 3.94. The quantitative estimate of drug-likeness (QED) is 0.787. The number of hydrogen-bond acceptors (Lipinski definition) is 3. The molecule has 1 aliphatic carbocycles. The summed E-state index contributed by atoms with van der Waals surface area (Å²) in [6.45, 7) is 2.47. The summed E-state index contributed by atoms with van der Waals surface area (Å²) in [7, 11) is 1.34. The Kier molecular flexibility index (Phi) is 4.77. The van der Waals surface area contributed by atoms with Gasteiger partial charge >= 0.3 is 5.97 Å². The van der Waals surface area contributed by atoms with Gasteiger partial charge in [-0.25, -0.2) is 0 Å². The summed E-state index contributed by atoms with van der Waals surface area (Å²) in [5, 5.41) is 0. The van der Waals surface area contributed by atoms with Gasteiger partial charge in [0.15, 0.2) is 0 Å². The van der Waals surface area contributed by atoms with Crippen molar-refractivity contribution in [2.45, 2.75) is 26.2 Å². The topological polar surface area (TPSA) is 46.6 Å². The normalized spacial score (nSPS) is 17.2. The van der Waals surface area contributed by atoms with E-state index in [4.69, 9.17) is 0 Å². The van der Waals surface area contributed by atoms with Crippen LogP contribution in [0.4, 0.5) is 0 Å². The lowest BCUT2D eigenvalue weighted by atomic mass is 9.83. The van der Waals surface area contributed by atoms with Crippen LogP contribution in [0.2, 0.25) is 0 Å². The van der Waals surface area contributed by atoms with E-state index in [0.717, 1.165) is 19.3 Å². The van der Waals surface area contributed by atoms with Crippen molar-refractivity contribution in [3.05, 3.63) is 35.4 Å². The van der Waals surface area contributed by atoms with Crippen LogP contribution in [0, 0.1) is 5.92 Å². The maximum Gasteiger partial charge on any atom is 0.325 e. The first-order valence-electron chi connectivity index (χ1n) is 7.08. The zero-order valence-electron chi connectivity index (χ0n) is 12.1. The second kappa shape index (κ2) is 6.55. The highest BCUT2D eigenvalue weighted by Crippen LogP contribution is 2.26. The minimum atomic E-state index is -0.364. The first-order chi connectivity index (χ1) is 9.65. The van der Waals surface area contributed by atoms with E-state index in [9.17, 15) is 9.59 Å². The maximum atomic E-state index is 12.5. The first-order valence-corrected chi connectivity index (χ1v) is 7.08. The average Bonchev–Trinajstić information content (AvgIpc) is 2.51. The number of fused-ring (bicyclic) bond motifs is 1. The van der Waals surface area contributed by atoms with E-state index < -0.39 is 0 Å². The number of methoxy groups -OCH3 is 1. The van der Waals surface area contributed by atoms with Crippen LogP contribution in [0.3, 0.4) is 0 Å². The van der Waals surface area contributed by atoms with Crippen LogP contribution in [0.5, 0.6) is 0 Å². The van der Waals surface area contributed by atoms with E-state index >= 15 is 0 Å². The summed E-state index contributed by atoms with van der Waals surface area (Å²) in [5.74, 6) is -0.321. The number of likely N-dealkylation sites (N-methyl/N-ethyl adjacent to an activating group) is 1. The first kappa shape index (κ1) is 14.6. The highest BCUT2D eigenvalue weighted by Gasteiger charge is 2.28. The van der Waals surface area contributed by atoms with Crippen molar-refractivity contribution < 1.29 is 14.3 Å². The minimum absolute atomic E-state index is 0.0190. The standard InChI is InChI=1S/C16H21NO3/c1-3-17(11-15(18)20-2)16(19)14-9-8-12-6-4-5-7-13(12)10-14/h4-7,14H,3,8-11H2,1-2H3. The zero-order chi connectivity index (χ0) is 14.5. The van der Waals surface area contributed by atoms with Gasteiger partial charge in [-0.3, -0.25) is 9.59 Å². The molecule has 20 heavy (non-hydrogen) atoms. The molecule has 0 aliphatic heterocycles. The van der Waals surface area contributed by atoms with Crippen LogP contribution in [0.1, 0.15) is 24.5 Å². The van der Waals surface area contributed by atoms with E-state index in [1.165, 1.54) is 18.2 Å². The number of ether oxygens (including phenoxy) is 1. The number of rotatable bonds is 4. The van der Waals surface area contributed by atoms with Gasteiger partial charge in [0.25, 0.3) is 0 Å². The molecule has 1 amide bonds. The lowest BCUT2D eigenvalue weighted by Crippen LogP contribution is -2.41. The molecular formula is C16H21NO3. The molecule has 1 aromatic carbocycles. The maximum absolute atomic E-state index is 12.5. The lowest BCUT2D eigenvalue weighted by molar-refractivity contribution is -0.148. The third-order valence-corrected chi connectivity index (χ3v) is 3.94. The Balaban J connectivity index is 2.04. The largest absolute Gasteiger partial charge is 0.468 e. The number of carbonyl (C=O) groups is 2. The van der Waals surface area contributed by atoms with Crippen LogP contribution < -0.4 is 0 Å². The van der Waals surface area contributed by atoms with Crippen LogP contribution in [0.15, 0.2) is 24.3 Å². The highest BCUT2D eigenvalue weighted by molar-refractivity contribution is 5.84. The van der Waals surface area contributed by atoms with Crippen molar-refractivity contribution in [1.82, 2.24) is 4.90 Å². The molecule has 4 heteroatoms. The minimum Gasteiger partial charge on any atom is -0.468 e. The molecule has 1 atom stereocenters. The van der Waals surface area contributed by atoms with Crippen LogP contribution >= 0.6 is 0 Å². The molecule has 0 saturated carbocycles. The Morgan fingerprint density at radius 2 is 2.00 bits per heavy atom. The van der Waals surface area contributed by atoms with Crippen molar-refractivity contribution in [2.75, 3.05) is 20.2 Å². The van der Waals surface area contributed by atoms with Gasteiger partial charge < -0.3 is 9.64 Å². The summed E-state index contributed by atoms with van der Waals surface area (Å²) < 4.78 is 4.64. The molecule has 0 aromatic heterocycles. The van der Waals surface area contributed by atoms with Crippen molar-refractivity contribution in [1.29, 1.82) is 0 Å². The van der Waals surface area contributed by atoms with Crippen molar-refractivity contribution in [3.8, 4) is 0 Å². The van der Waals surface area contributed by atoms with E-state index in [0.29, 0.717) is 6.54 Å². The number of amides is 1. The number of benzene rings is 1. The van der Waals surface area contributed by atoms with Gasteiger partial charge in [0, 0.05) is 12.5 Å². The van der Waals surface area contributed by atoms with Crippen molar-refractivity contribution in [2.24, 2.45) is 5.92 Å². The number of carbonyl (C=O) groups excluding carboxylic acids is 2. The Bertz CT molecular complexity index is 498. The van der Waals surface area contributed by atoms with E-state index in [1.54, 1.807) is 4.90 Å². The van der Waals surface area contributed by atoms with Crippen LogP contribution in [-0.4, -0.2) is 37.0 Å². The Labute approximate surface area is 119 Å². The molecule has 2 rings (SSSR count). The Morgan fingerprint density at radius 1 is 1.30 bits per heavy atom. The molecule has 0 saturated heterocycles. The van der Waals surface area contributed by atoms with Gasteiger partial charge in [-0.1, -0.05) is 24.3 Å². The van der Waals surface area contributed by atoms with Crippen molar-refractivity contribution in [3.63, 3.8) is 0 Å². The molecule has 0 N–H and O–H groups in total. The lowest BCUT2D eigenvalue weighted by Gasteiger charge is -2.29. The van der Waals surface area contributed by atoms with E-state index in [2.05, 4.69) is 16.9 Å². The molecule has 0 heterocycles. The van der Waals surface area contributed by atoms with Gasteiger partial charge in [-0.15, -0.1) is 0 Å². The zero-order valence-corrected chi connectivity index (χ0v) is 12.1. The highest BCUT2D eigenvalue weighted by atomic mass is 16.5. The number of hydrogen-bond donors (Lipinski definition) is 0. The Hall–Kier alpha value is -1.84. The molecule has 4 nitrogen and oxygen atoms in total. The van der Waals surface area contributed by atoms with Gasteiger partial charge in [0.05, 0.1) is 7.11 Å². The molecular weight excluding hydrogens is 254 g/mol. The Morgan fingerprint density at radius 3 is 2.65 bits per heavy atom. The molecule has 108 valence electrons. The fraction of sp³-hybridized carbons (Fsp3) is 0.500. The smallest absolute Gasteiger partial charge is 0.325 e. The summed E-state index contributed by atoms with van der Waals surface area (Å²) >= 11 is 0. The molecule has 0 spiro atoms. The summed E-state index contributed by atoms with van der Waals surface area (Å²) in [6.07, 6.45) is 2.56. The molecule has 0 radical (unpaired) electrons. The molecule has 0 fully saturated rings. The fourth-order valence-corrected chi connectivity index (χ4v) is 2.73. The molecule has 1 aromatic rings. The van der Waals surface area contributed by atoms with E-state index in [1.807, 2.05) is 19.1 Å². The van der Waals surface area contributed by atoms with E-state index in [-0.39, 0.29) is 24.3 Å². The predicted molar refractivity (Wildman–Crippen MR) is 76.2 cm³/mol. The van der Waals surface area contributed by atoms with Crippen molar-refractivity contribution >= 4 is 11.9 Å². The predicted octanol–water partition coefficient (Wildman–Crippen LogP) is 1.81. The summed E-state index contributed by atoms with van der Waals surface area (Å²) in [5.41, 5.74) is 2.60. The summed E-state index contributed by atoms with van der Waals surface area (Å²) in [4.78, 5) is 25.4. The number of esters is 1. The molecule has 0 bridgehead atoms. The van der Waals surface area contributed by atoms with Gasteiger partial charge in [-0.2, -0.15) is 0 Å². The second-order valence-corrected chi connectivity index (χ2v) is 5.14. The molecule has 1 unspecified atom stereocenters. The third kappa shape index (κ3) is 3.18. The number of aryl methyl sites for hydroxylation is 1. The fourth-order valence-electron chi connectivity index (χ4n) is 2.73. The molecule has 1 aliphatic rings. The second-order valence-electron chi connectivity index (χ2n) is 5.14. The summed E-state index contributed by atoms with van der Waals surface area (Å²) in [6, 6.07) is 8.27. The average molecular weight is 275 g/mol. The van der Waals surface area contributed by atoms with Gasteiger partial charge in [0.1, 0.15) is 6.54 Å². The van der Waals surface area contributed by atoms with Crippen LogP contribution in [0.25, 0.3) is 0 Å². The SMILES string of the molecule is CCN(CC(=O)OC)C(=O)C1CCc2ccccc2C1. The van der Waals surface area contributed by atoms with Crippen LogP contribution in [-0.2, 0) is 27.2 Å². The van der Waals surface area contributed by atoms with Gasteiger partial charge in [0.2, 0.25) is 5.91 Å². The van der Waals surface area contributed by atoms with Gasteiger partial charge in [-0.05, 0) is 37.3 Å². The monoisotopic (exact) mass is 275 g/mol.